The number of nitrogens with zero attached hydrogens (tertiary/aromatic N) is 1. The van der Waals surface area contributed by atoms with Crippen molar-refractivity contribution >= 4 is 12.4 Å². The van der Waals surface area contributed by atoms with Crippen molar-refractivity contribution in [2.75, 3.05) is 0 Å². The molecule has 0 aromatic carbocycles. The van der Waals surface area contributed by atoms with Gasteiger partial charge in [-0.25, -0.2) is 0 Å². The first-order chi connectivity index (χ1) is 4.83. The first kappa shape index (κ1) is 6.81. The Morgan fingerprint density at radius 1 is 1.60 bits per heavy atom. The molecule has 2 heteroatoms. The largest absolute Gasteiger partial charge is 0.357 e. The molecule has 0 aliphatic heterocycles. The van der Waals surface area contributed by atoms with Gasteiger partial charge in [-0.1, -0.05) is 6.08 Å². The van der Waals surface area contributed by atoms with Crippen molar-refractivity contribution in [3.63, 3.8) is 0 Å². The molecule has 0 saturated heterocycles. The summed E-state index contributed by atoms with van der Waals surface area (Å²) in [6, 6.07) is 1.94. The minimum Gasteiger partial charge on any atom is -0.357 e. The van der Waals surface area contributed by atoms with Crippen LogP contribution in [0.15, 0.2) is 24.5 Å². The fraction of sp³-hybridized carbons (Fsp3) is 0.125. The molecule has 0 bridgehead atoms. The van der Waals surface area contributed by atoms with Crippen molar-refractivity contribution in [1.82, 2.24) is 4.57 Å². The van der Waals surface area contributed by atoms with E-state index in [-0.39, 0.29) is 0 Å². The molecule has 2 nitrogen and oxygen atoms in total. The summed E-state index contributed by atoms with van der Waals surface area (Å²) in [6.45, 7) is 0. The molecule has 0 aliphatic carbocycles. The molecule has 0 unspecified atom stereocenters. The third kappa shape index (κ3) is 1.58. The Balaban J connectivity index is 2.75. The van der Waals surface area contributed by atoms with Crippen LogP contribution in [0.2, 0.25) is 0 Å². The van der Waals surface area contributed by atoms with Crippen LogP contribution in [0, 0.1) is 0 Å². The van der Waals surface area contributed by atoms with Gasteiger partial charge in [0.1, 0.15) is 6.29 Å². The van der Waals surface area contributed by atoms with Crippen molar-refractivity contribution in [3.8, 4) is 0 Å². The van der Waals surface area contributed by atoms with Crippen LogP contribution < -0.4 is 0 Å². The summed E-state index contributed by atoms with van der Waals surface area (Å²) in [6.07, 6.45) is 7.90. The molecule has 0 N–H and O–H groups in total. The Labute approximate surface area is 59.8 Å². The molecule has 52 valence electrons. The minimum atomic E-state index is 0.771. The second kappa shape index (κ2) is 3.01. The Hall–Kier alpha value is -1.31. The SMILES string of the molecule is Cn1ccc(C=CC=O)c1. The van der Waals surface area contributed by atoms with Gasteiger partial charge < -0.3 is 4.57 Å². The topological polar surface area (TPSA) is 22.0 Å². The summed E-state index contributed by atoms with van der Waals surface area (Å²) < 4.78 is 1.93. The highest BCUT2D eigenvalue weighted by atomic mass is 16.1. The van der Waals surface area contributed by atoms with Crippen LogP contribution in [-0.2, 0) is 11.8 Å². The molecule has 1 aromatic heterocycles. The number of hydrogen-bond donors (Lipinski definition) is 0. The Kier molecular flexibility index (Phi) is 2.05. The smallest absolute Gasteiger partial charge is 0.142 e. The van der Waals surface area contributed by atoms with Gasteiger partial charge in [-0.3, -0.25) is 4.79 Å². The van der Waals surface area contributed by atoms with E-state index in [0.29, 0.717) is 0 Å². The maximum Gasteiger partial charge on any atom is 0.142 e. The van der Waals surface area contributed by atoms with Gasteiger partial charge in [-0.2, -0.15) is 0 Å². The van der Waals surface area contributed by atoms with E-state index in [9.17, 15) is 4.79 Å². The van der Waals surface area contributed by atoms with Gasteiger partial charge in [0.2, 0.25) is 0 Å². The summed E-state index contributed by atoms with van der Waals surface area (Å²) in [5.74, 6) is 0. The van der Waals surface area contributed by atoms with E-state index in [1.807, 2.05) is 30.1 Å². The van der Waals surface area contributed by atoms with Gasteiger partial charge in [0, 0.05) is 19.4 Å². The number of allylic oxidation sites excluding steroid dienone is 1. The van der Waals surface area contributed by atoms with E-state index in [0.717, 1.165) is 11.8 Å². The van der Waals surface area contributed by atoms with E-state index in [4.69, 9.17) is 0 Å². The van der Waals surface area contributed by atoms with Gasteiger partial charge in [0.05, 0.1) is 0 Å². The first-order valence-corrected chi connectivity index (χ1v) is 3.07. The lowest BCUT2D eigenvalue weighted by Gasteiger charge is -1.82. The molecule has 10 heavy (non-hydrogen) atoms. The highest BCUT2D eigenvalue weighted by Crippen LogP contribution is 2.00. The molecule has 0 atom stereocenters. The maximum absolute atomic E-state index is 9.89. The summed E-state index contributed by atoms with van der Waals surface area (Å²) in [5.41, 5.74) is 1.05. The number of rotatable bonds is 2. The summed E-state index contributed by atoms with van der Waals surface area (Å²) in [4.78, 5) is 9.89. The average molecular weight is 135 g/mol. The van der Waals surface area contributed by atoms with Gasteiger partial charge >= 0.3 is 0 Å². The molecule has 1 aromatic rings. The molecular weight excluding hydrogens is 126 g/mol. The maximum atomic E-state index is 9.89. The van der Waals surface area contributed by atoms with E-state index >= 15 is 0 Å². The molecule has 0 amide bonds. The van der Waals surface area contributed by atoms with Crippen molar-refractivity contribution in [1.29, 1.82) is 0 Å². The van der Waals surface area contributed by atoms with Crippen LogP contribution in [-0.4, -0.2) is 10.9 Å². The molecule has 1 rings (SSSR count). The Morgan fingerprint density at radius 2 is 2.40 bits per heavy atom. The van der Waals surface area contributed by atoms with E-state index in [2.05, 4.69) is 0 Å². The quantitative estimate of drug-likeness (QED) is 0.441. The molecular formula is C8H9NO. The standard InChI is InChI=1S/C8H9NO/c1-9-5-4-8(7-9)3-2-6-10/h2-7H,1H3. The number of aryl methyl sites for hydroxylation is 1. The first-order valence-electron chi connectivity index (χ1n) is 3.07. The molecule has 0 fully saturated rings. The second-order valence-corrected chi connectivity index (χ2v) is 2.11. The summed E-state index contributed by atoms with van der Waals surface area (Å²) in [7, 11) is 1.94. The third-order valence-corrected chi connectivity index (χ3v) is 1.22. The van der Waals surface area contributed by atoms with Gasteiger partial charge in [0.15, 0.2) is 0 Å². The van der Waals surface area contributed by atoms with E-state index < -0.39 is 0 Å². The zero-order chi connectivity index (χ0) is 7.40. The molecule has 0 saturated carbocycles. The number of carbonyl (C=O) groups excluding carboxylic acids is 1. The average Bonchev–Trinajstić information content (AvgIpc) is 2.31. The molecule has 0 spiro atoms. The summed E-state index contributed by atoms with van der Waals surface area (Å²) >= 11 is 0. The van der Waals surface area contributed by atoms with E-state index in [1.54, 1.807) is 6.08 Å². The van der Waals surface area contributed by atoms with Crippen LogP contribution in [0.1, 0.15) is 5.56 Å². The number of aromatic nitrogens is 1. The monoisotopic (exact) mass is 135 g/mol. The van der Waals surface area contributed by atoms with Crippen LogP contribution in [0.5, 0.6) is 0 Å². The Bertz CT molecular complexity index is 248. The highest BCUT2D eigenvalue weighted by molar-refractivity contribution is 5.73. The predicted octanol–water partition coefficient (Wildman–Crippen LogP) is 1.24. The molecule has 1 heterocycles. The number of hydrogen-bond acceptors (Lipinski definition) is 1. The van der Waals surface area contributed by atoms with Crippen molar-refractivity contribution in [3.05, 3.63) is 30.1 Å². The van der Waals surface area contributed by atoms with Crippen molar-refractivity contribution in [2.45, 2.75) is 0 Å². The highest BCUT2D eigenvalue weighted by Gasteiger charge is 1.85. The van der Waals surface area contributed by atoms with Crippen molar-refractivity contribution in [2.24, 2.45) is 7.05 Å². The lowest BCUT2D eigenvalue weighted by molar-refractivity contribution is -0.104. The third-order valence-electron chi connectivity index (χ3n) is 1.22. The van der Waals surface area contributed by atoms with Gasteiger partial charge in [-0.05, 0) is 17.7 Å². The van der Waals surface area contributed by atoms with Crippen molar-refractivity contribution < 1.29 is 4.79 Å². The predicted molar refractivity (Wildman–Crippen MR) is 40.5 cm³/mol. The lowest BCUT2D eigenvalue weighted by Crippen LogP contribution is -1.77. The number of aldehydes is 1. The van der Waals surface area contributed by atoms with E-state index in [1.165, 1.54) is 6.08 Å². The second-order valence-electron chi connectivity index (χ2n) is 2.11. The lowest BCUT2D eigenvalue weighted by atomic mass is 10.3. The minimum absolute atomic E-state index is 0.771. The van der Waals surface area contributed by atoms with Crippen LogP contribution in [0.3, 0.4) is 0 Å². The van der Waals surface area contributed by atoms with Gasteiger partial charge in [0.25, 0.3) is 0 Å². The fourth-order valence-corrected chi connectivity index (χ4v) is 0.774. The zero-order valence-corrected chi connectivity index (χ0v) is 5.82. The van der Waals surface area contributed by atoms with Crippen LogP contribution in [0.4, 0.5) is 0 Å². The Morgan fingerprint density at radius 3 is 2.90 bits per heavy atom. The molecule has 0 aliphatic rings. The zero-order valence-electron chi connectivity index (χ0n) is 5.82. The summed E-state index contributed by atoms with van der Waals surface area (Å²) in [5, 5.41) is 0. The number of carbonyl (C=O) groups is 1. The van der Waals surface area contributed by atoms with Crippen LogP contribution in [0.25, 0.3) is 6.08 Å². The van der Waals surface area contributed by atoms with Gasteiger partial charge in [-0.15, -0.1) is 0 Å². The van der Waals surface area contributed by atoms with Crippen LogP contribution >= 0.6 is 0 Å². The fourth-order valence-electron chi connectivity index (χ4n) is 0.774. The molecule has 0 radical (unpaired) electrons. The normalized spacial score (nSPS) is 10.5.